The lowest BCUT2D eigenvalue weighted by Gasteiger charge is -2.05. The van der Waals surface area contributed by atoms with E-state index in [0.29, 0.717) is 5.56 Å². The molecule has 3 rings (SSSR count). The lowest BCUT2D eigenvalue weighted by atomic mass is 10.1. The molecule has 29 heavy (non-hydrogen) atoms. The van der Waals surface area contributed by atoms with Crippen molar-refractivity contribution >= 4 is 34.0 Å². The third kappa shape index (κ3) is 6.36. The van der Waals surface area contributed by atoms with Crippen LogP contribution in [0.15, 0.2) is 82.4 Å². The standard InChI is InChI=1S/C22H16BrFN2O3/c23-18-9-7-15(8-10-18)12-21(27)26-25-14-16-3-1-6-20(11-16)29-22(28)17-4-2-5-19(24)13-17/h1-11,13-14H,12H2,(H,26,27). The summed E-state index contributed by atoms with van der Waals surface area (Å²) in [5.41, 5.74) is 4.06. The normalized spacial score (nSPS) is 10.7. The van der Waals surface area contributed by atoms with Crippen LogP contribution in [0.1, 0.15) is 21.5 Å². The number of hydrazone groups is 1. The Hall–Kier alpha value is -3.32. The number of halogens is 2. The molecule has 0 radical (unpaired) electrons. The van der Waals surface area contributed by atoms with E-state index in [4.69, 9.17) is 4.74 Å². The molecule has 0 aliphatic rings. The van der Waals surface area contributed by atoms with Gasteiger partial charge in [-0.15, -0.1) is 0 Å². The molecule has 146 valence electrons. The van der Waals surface area contributed by atoms with Gasteiger partial charge in [0, 0.05) is 4.47 Å². The number of carbonyl (C=O) groups excluding carboxylic acids is 2. The molecule has 0 unspecified atom stereocenters. The molecule has 0 bridgehead atoms. The van der Waals surface area contributed by atoms with Gasteiger partial charge in [-0.25, -0.2) is 14.6 Å². The fraction of sp³-hybridized carbons (Fsp3) is 0.0455. The van der Waals surface area contributed by atoms with Gasteiger partial charge in [0.15, 0.2) is 0 Å². The van der Waals surface area contributed by atoms with Crippen molar-refractivity contribution < 1.29 is 18.7 Å². The Morgan fingerprint density at radius 1 is 1.03 bits per heavy atom. The van der Waals surface area contributed by atoms with Crippen LogP contribution in [0.4, 0.5) is 4.39 Å². The number of hydrogen-bond acceptors (Lipinski definition) is 4. The maximum absolute atomic E-state index is 13.2. The second-order valence-corrected chi connectivity index (χ2v) is 6.98. The highest BCUT2D eigenvalue weighted by atomic mass is 79.9. The lowest BCUT2D eigenvalue weighted by molar-refractivity contribution is -0.120. The van der Waals surface area contributed by atoms with E-state index in [-0.39, 0.29) is 23.6 Å². The van der Waals surface area contributed by atoms with Crippen LogP contribution < -0.4 is 10.2 Å². The van der Waals surface area contributed by atoms with E-state index in [1.165, 1.54) is 24.4 Å². The molecule has 0 saturated carbocycles. The summed E-state index contributed by atoms with van der Waals surface area (Å²) in [6.07, 6.45) is 1.65. The second-order valence-electron chi connectivity index (χ2n) is 6.07. The van der Waals surface area contributed by atoms with Gasteiger partial charge in [0.2, 0.25) is 5.91 Å². The van der Waals surface area contributed by atoms with Gasteiger partial charge in [0.1, 0.15) is 11.6 Å². The van der Waals surface area contributed by atoms with Crippen molar-refractivity contribution in [3.63, 3.8) is 0 Å². The molecular formula is C22H16BrFN2O3. The predicted octanol–water partition coefficient (Wildman–Crippen LogP) is 4.50. The minimum atomic E-state index is -0.665. The summed E-state index contributed by atoms with van der Waals surface area (Å²) in [5.74, 6) is -1.15. The molecule has 3 aromatic rings. The van der Waals surface area contributed by atoms with Crippen LogP contribution in [-0.2, 0) is 11.2 Å². The summed E-state index contributed by atoms with van der Waals surface area (Å²) in [6.45, 7) is 0. The van der Waals surface area contributed by atoms with Crippen LogP contribution in [0.5, 0.6) is 5.75 Å². The Morgan fingerprint density at radius 2 is 1.79 bits per heavy atom. The number of nitrogens with one attached hydrogen (secondary N) is 1. The molecule has 0 aromatic heterocycles. The third-order valence-electron chi connectivity index (χ3n) is 3.81. The van der Waals surface area contributed by atoms with Gasteiger partial charge in [0.25, 0.3) is 0 Å². The Bertz CT molecular complexity index is 1050. The minimum absolute atomic E-state index is 0.115. The van der Waals surface area contributed by atoms with Gasteiger partial charge in [-0.05, 0) is 53.6 Å². The predicted molar refractivity (Wildman–Crippen MR) is 111 cm³/mol. The topological polar surface area (TPSA) is 67.8 Å². The highest BCUT2D eigenvalue weighted by Crippen LogP contribution is 2.15. The first kappa shape index (κ1) is 20.4. The van der Waals surface area contributed by atoms with Crippen molar-refractivity contribution in [2.24, 2.45) is 5.10 Å². The van der Waals surface area contributed by atoms with Crippen LogP contribution in [-0.4, -0.2) is 18.1 Å². The van der Waals surface area contributed by atoms with Crippen molar-refractivity contribution in [3.8, 4) is 5.75 Å². The number of hydrogen-bond donors (Lipinski definition) is 1. The molecule has 0 spiro atoms. The van der Waals surface area contributed by atoms with Crippen LogP contribution in [0.2, 0.25) is 0 Å². The van der Waals surface area contributed by atoms with Crippen LogP contribution >= 0.6 is 15.9 Å². The number of benzene rings is 3. The molecule has 7 heteroatoms. The first-order chi connectivity index (χ1) is 14.0. The molecule has 1 amide bonds. The zero-order valence-electron chi connectivity index (χ0n) is 15.1. The molecule has 0 heterocycles. The fourth-order valence-corrected chi connectivity index (χ4v) is 2.71. The number of carbonyl (C=O) groups is 2. The minimum Gasteiger partial charge on any atom is -0.423 e. The smallest absolute Gasteiger partial charge is 0.343 e. The number of amides is 1. The van der Waals surface area contributed by atoms with Crippen molar-refractivity contribution in [2.45, 2.75) is 6.42 Å². The van der Waals surface area contributed by atoms with Crippen LogP contribution in [0, 0.1) is 5.82 Å². The maximum Gasteiger partial charge on any atom is 0.343 e. The molecule has 0 fully saturated rings. The first-order valence-electron chi connectivity index (χ1n) is 8.64. The highest BCUT2D eigenvalue weighted by Gasteiger charge is 2.09. The van der Waals surface area contributed by atoms with E-state index in [1.54, 1.807) is 24.3 Å². The molecule has 5 nitrogen and oxygen atoms in total. The van der Waals surface area contributed by atoms with Gasteiger partial charge in [-0.2, -0.15) is 5.10 Å². The highest BCUT2D eigenvalue weighted by molar-refractivity contribution is 9.10. The average Bonchev–Trinajstić information content (AvgIpc) is 2.70. The maximum atomic E-state index is 13.2. The van der Waals surface area contributed by atoms with E-state index in [9.17, 15) is 14.0 Å². The third-order valence-corrected chi connectivity index (χ3v) is 4.34. The van der Waals surface area contributed by atoms with Crippen molar-refractivity contribution in [1.82, 2.24) is 5.43 Å². The lowest BCUT2D eigenvalue weighted by Crippen LogP contribution is -2.19. The summed E-state index contributed by atoms with van der Waals surface area (Å²) >= 11 is 3.34. The summed E-state index contributed by atoms with van der Waals surface area (Å²) in [6, 6.07) is 19.3. The van der Waals surface area contributed by atoms with Crippen LogP contribution in [0.25, 0.3) is 0 Å². The largest absolute Gasteiger partial charge is 0.423 e. The summed E-state index contributed by atoms with van der Waals surface area (Å²) < 4.78 is 19.4. The van der Waals surface area contributed by atoms with E-state index in [0.717, 1.165) is 16.1 Å². The monoisotopic (exact) mass is 454 g/mol. The Kier molecular flexibility index (Phi) is 6.86. The van der Waals surface area contributed by atoms with E-state index in [1.807, 2.05) is 24.3 Å². The van der Waals surface area contributed by atoms with Crippen molar-refractivity contribution in [3.05, 3.63) is 99.8 Å². The van der Waals surface area contributed by atoms with Crippen molar-refractivity contribution in [1.29, 1.82) is 0 Å². The Morgan fingerprint density at radius 3 is 2.55 bits per heavy atom. The molecule has 0 saturated heterocycles. The number of nitrogens with zero attached hydrogens (tertiary/aromatic N) is 1. The van der Waals surface area contributed by atoms with E-state index >= 15 is 0 Å². The summed E-state index contributed by atoms with van der Waals surface area (Å²) in [5, 5.41) is 3.92. The van der Waals surface area contributed by atoms with Gasteiger partial charge in [-0.1, -0.05) is 46.3 Å². The zero-order valence-corrected chi connectivity index (χ0v) is 16.7. The summed E-state index contributed by atoms with van der Waals surface area (Å²) in [4.78, 5) is 24.0. The van der Waals surface area contributed by atoms with Gasteiger partial charge >= 0.3 is 5.97 Å². The number of ether oxygens (including phenoxy) is 1. The Labute approximate surface area is 175 Å². The number of esters is 1. The van der Waals surface area contributed by atoms with Gasteiger partial charge in [-0.3, -0.25) is 4.79 Å². The molecule has 0 aliphatic heterocycles. The van der Waals surface area contributed by atoms with Gasteiger partial charge < -0.3 is 4.74 Å². The average molecular weight is 455 g/mol. The van der Waals surface area contributed by atoms with Crippen molar-refractivity contribution in [2.75, 3.05) is 0 Å². The zero-order chi connectivity index (χ0) is 20.6. The fourth-order valence-electron chi connectivity index (χ4n) is 2.45. The van der Waals surface area contributed by atoms with E-state index in [2.05, 4.69) is 26.5 Å². The first-order valence-corrected chi connectivity index (χ1v) is 9.43. The molecule has 0 aliphatic carbocycles. The van der Waals surface area contributed by atoms with E-state index < -0.39 is 11.8 Å². The summed E-state index contributed by atoms with van der Waals surface area (Å²) in [7, 11) is 0. The quantitative estimate of drug-likeness (QED) is 0.258. The second kappa shape index (κ2) is 9.75. The molecular weight excluding hydrogens is 439 g/mol. The Balaban J connectivity index is 1.57. The van der Waals surface area contributed by atoms with Gasteiger partial charge in [0.05, 0.1) is 18.2 Å². The molecule has 1 N–H and O–H groups in total. The SMILES string of the molecule is O=C(Cc1ccc(Br)cc1)NN=Cc1cccc(OC(=O)c2cccc(F)c2)c1. The number of rotatable bonds is 6. The molecule has 0 atom stereocenters. The molecule has 3 aromatic carbocycles. The van der Waals surface area contributed by atoms with Crippen LogP contribution in [0.3, 0.4) is 0 Å².